The highest BCUT2D eigenvalue weighted by molar-refractivity contribution is 6.31. The zero-order valence-electron chi connectivity index (χ0n) is 9.83. The third kappa shape index (κ3) is 1.25. The molecule has 2 aliphatic heterocycles. The number of likely N-dealkylation sites (N-methyl/N-ethyl adjacent to an activating group) is 1. The predicted molar refractivity (Wildman–Crippen MR) is 70.5 cm³/mol. The Morgan fingerprint density at radius 1 is 1.35 bits per heavy atom. The number of nitrogens with one attached hydrogen (secondary N) is 1. The van der Waals surface area contributed by atoms with Crippen molar-refractivity contribution in [1.29, 1.82) is 0 Å². The fourth-order valence-corrected chi connectivity index (χ4v) is 3.80. The minimum atomic E-state index is 0.593. The first kappa shape index (κ1) is 9.98. The van der Waals surface area contributed by atoms with Gasteiger partial charge in [0, 0.05) is 40.1 Å². The summed E-state index contributed by atoms with van der Waals surface area (Å²) in [6.45, 7) is 0. The van der Waals surface area contributed by atoms with Crippen LogP contribution in [0.5, 0.6) is 0 Å². The smallest absolute Gasteiger partial charge is 0.0460 e. The van der Waals surface area contributed by atoms with Gasteiger partial charge in [-0.05, 0) is 43.7 Å². The summed E-state index contributed by atoms with van der Waals surface area (Å²) >= 11 is 6.13. The van der Waals surface area contributed by atoms with Crippen molar-refractivity contribution in [2.24, 2.45) is 0 Å². The number of aromatic amines is 1. The maximum absolute atomic E-state index is 6.13. The zero-order chi connectivity index (χ0) is 11.6. The number of hydrogen-bond donors (Lipinski definition) is 1. The molecule has 4 rings (SSSR count). The Balaban J connectivity index is 2.02. The molecule has 17 heavy (non-hydrogen) atoms. The molecule has 88 valence electrons. The van der Waals surface area contributed by atoms with Gasteiger partial charge in [0.25, 0.3) is 0 Å². The first-order valence-electron chi connectivity index (χ1n) is 6.26. The number of nitrogens with zero attached hydrogens (tertiary/aromatic N) is 1. The molecule has 2 aromatic rings. The highest BCUT2D eigenvalue weighted by Crippen LogP contribution is 2.45. The summed E-state index contributed by atoms with van der Waals surface area (Å²) in [7, 11) is 2.26. The van der Waals surface area contributed by atoms with Crippen LogP contribution in [-0.2, 0) is 6.42 Å². The number of halogens is 1. The molecule has 1 aromatic heterocycles. The lowest BCUT2D eigenvalue weighted by atomic mass is 9.98. The van der Waals surface area contributed by atoms with Gasteiger partial charge in [0.05, 0.1) is 0 Å². The lowest BCUT2D eigenvalue weighted by Gasteiger charge is -2.31. The Morgan fingerprint density at radius 3 is 3.12 bits per heavy atom. The van der Waals surface area contributed by atoms with Gasteiger partial charge < -0.3 is 4.98 Å². The van der Waals surface area contributed by atoms with Crippen molar-refractivity contribution < 1.29 is 0 Å². The lowest BCUT2D eigenvalue weighted by Crippen LogP contribution is -2.33. The number of hydrogen-bond acceptors (Lipinski definition) is 1. The molecule has 3 heteroatoms. The van der Waals surface area contributed by atoms with Crippen molar-refractivity contribution in [3.63, 3.8) is 0 Å². The molecule has 2 bridgehead atoms. The van der Waals surface area contributed by atoms with E-state index in [1.54, 1.807) is 0 Å². The van der Waals surface area contributed by atoms with Crippen LogP contribution in [0.2, 0.25) is 5.02 Å². The molecule has 1 fully saturated rings. The summed E-state index contributed by atoms with van der Waals surface area (Å²) in [6, 6.07) is 7.50. The van der Waals surface area contributed by atoms with E-state index in [4.69, 9.17) is 11.6 Å². The summed E-state index contributed by atoms with van der Waals surface area (Å²) < 4.78 is 0. The van der Waals surface area contributed by atoms with Crippen LogP contribution >= 0.6 is 11.6 Å². The molecule has 2 unspecified atom stereocenters. The second-order valence-electron chi connectivity index (χ2n) is 5.32. The van der Waals surface area contributed by atoms with E-state index in [0.29, 0.717) is 6.04 Å². The normalized spacial score (nSPS) is 27.6. The molecule has 2 atom stereocenters. The van der Waals surface area contributed by atoms with E-state index in [1.807, 2.05) is 6.07 Å². The number of fused-ring (bicyclic) bond motifs is 6. The first-order valence-corrected chi connectivity index (χ1v) is 6.64. The van der Waals surface area contributed by atoms with E-state index in [2.05, 4.69) is 29.1 Å². The van der Waals surface area contributed by atoms with Gasteiger partial charge in [-0.25, -0.2) is 0 Å². The van der Waals surface area contributed by atoms with E-state index in [9.17, 15) is 0 Å². The number of benzene rings is 1. The molecule has 2 nitrogen and oxygen atoms in total. The zero-order valence-corrected chi connectivity index (χ0v) is 10.6. The van der Waals surface area contributed by atoms with Crippen LogP contribution in [0.3, 0.4) is 0 Å². The van der Waals surface area contributed by atoms with Crippen LogP contribution in [0.15, 0.2) is 18.2 Å². The Morgan fingerprint density at radius 2 is 2.24 bits per heavy atom. The Hall–Kier alpha value is -0.990. The minimum Gasteiger partial charge on any atom is -0.358 e. The maximum atomic E-state index is 6.13. The molecular formula is C14H15ClN2. The number of rotatable bonds is 0. The highest BCUT2D eigenvalue weighted by Gasteiger charge is 2.39. The van der Waals surface area contributed by atoms with Crippen molar-refractivity contribution in [1.82, 2.24) is 9.88 Å². The molecular weight excluding hydrogens is 232 g/mol. The summed E-state index contributed by atoms with van der Waals surface area (Å²) in [5.41, 5.74) is 4.17. The minimum absolute atomic E-state index is 0.593. The average Bonchev–Trinajstić information content (AvgIpc) is 2.76. The number of aromatic nitrogens is 1. The van der Waals surface area contributed by atoms with Gasteiger partial charge in [0.2, 0.25) is 0 Å². The Labute approximate surface area is 106 Å². The van der Waals surface area contributed by atoms with Crippen molar-refractivity contribution in [3.05, 3.63) is 34.5 Å². The molecule has 0 saturated carbocycles. The SMILES string of the molecule is CN1C2CCC1c1c([nH]c3ccc(Cl)cc13)C2. The molecule has 0 spiro atoms. The van der Waals surface area contributed by atoms with Gasteiger partial charge in [0.1, 0.15) is 0 Å². The van der Waals surface area contributed by atoms with E-state index in [0.717, 1.165) is 17.5 Å². The summed E-state index contributed by atoms with van der Waals surface area (Å²) in [5, 5.41) is 2.16. The molecule has 0 aliphatic carbocycles. The molecule has 0 radical (unpaired) electrons. The molecule has 1 saturated heterocycles. The average molecular weight is 247 g/mol. The number of H-pyrrole nitrogens is 1. The maximum Gasteiger partial charge on any atom is 0.0460 e. The van der Waals surface area contributed by atoms with Crippen LogP contribution in [0.1, 0.15) is 30.1 Å². The van der Waals surface area contributed by atoms with Crippen LogP contribution in [-0.4, -0.2) is 23.0 Å². The summed E-state index contributed by atoms with van der Waals surface area (Å²) in [6.07, 6.45) is 3.77. The second kappa shape index (κ2) is 3.27. The fourth-order valence-electron chi connectivity index (χ4n) is 3.62. The monoisotopic (exact) mass is 246 g/mol. The first-order chi connectivity index (χ1) is 8.24. The van der Waals surface area contributed by atoms with Crippen molar-refractivity contribution in [2.45, 2.75) is 31.3 Å². The third-order valence-corrected chi connectivity index (χ3v) is 4.73. The molecule has 1 N–H and O–H groups in total. The van der Waals surface area contributed by atoms with E-state index in [-0.39, 0.29) is 0 Å². The van der Waals surface area contributed by atoms with Crippen LogP contribution in [0.4, 0.5) is 0 Å². The predicted octanol–water partition coefficient (Wildman–Crippen LogP) is 3.51. The summed E-state index contributed by atoms with van der Waals surface area (Å²) in [5.74, 6) is 0. The fraction of sp³-hybridized carbons (Fsp3) is 0.429. The van der Waals surface area contributed by atoms with Gasteiger partial charge in [-0.2, -0.15) is 0 Å². The van der Waals surface area contributed by atoms with E-state index >= 15 is 0 Å². The van der Waals surface area contributed by atoms with Gasteiger partial charge in [0.15, 0.2) is 0 Å². The quantitative estimate of drug-likeness (QED) is 0.754. The van der Waals surface area contributed by atoms with Crippen LogP contribution < -0.4 is 0 Å². The largest absolute Gasteiger partial charge is 0.358 e. The van der Waals surface area contributed by atoms with Crippen molar-refractivity contribution in [2.75, 3.05) is 7.05 Å². The van der Waals surface area contributed by atoms with E-state index < -0.39 is 0 Å². The summed E-state index contributed by atoms with van der Waals surface area (Å²) in [4.78, 5) is 6.12. The van der Waals surface area contributed by atoms with Gasteiger partial charge in [-0.15, -0.1) is 0 Å². The lowest BCUT2D eigenvalue weighted by molar-refractivity contribution is 0.224. The second-order valence-corrected chi connectivity index (χ2v) is 5.76. The van der Waals surface area contributed by atoms with Crippen LogP contribution in [0, 0.1) is 0 Å². The molecule has 1 aromatic carbocycles. The third-order valence-electron chi connectivity index (χ3n) is 4.50. The molecule has 0 amide bonds. The topological polar surface area (TPSA) is 19.0 Å². The van der Waals surface area contributed by atoms with Crippen molar-refractivity contribution in [3.8, 4) is 0 Å². The van der Waals surface area contributed by atoms with Gasteiger partial charge in [-0.3, -0.25) is 4.90 Å². The van der Waals surface area contributed by atoms with Crippen LogP contribution in [0.25, 0.3) is 10.9 Å². The standard InChI is InChI=1S/C14H15ClN2/c1-17-9-3-5-13(17)14-10-6-8(15)2-4-11(10)16-12(14)7-9/h2,4,6,9,13,16H,3,5,7H2,1H3. The van der Waals surface area contributed by atoms with Gasteiger partial charge >= 0.3 is 0 Å². The van der Waals surface area contributed by atoms with E-state index in [1.165, 1.54) is 35.0 Å². The van der Waals surface area contributed by atoms with Crippen molar-refractivity contribution >= 4 is 22.5 Å². The highest BCUT2D eigenvalue weighted by atomic mass is 35.5. The Kier molecular flexibility index (Phi) is 1.92. The Bertz CT molecular complexity index is 602. The van der Waals surface area contributed by atoms with Gasteiger partial charge in [-0.1, -0.05) is 11.6 Å². The molecule has 2 aliphatic rings. The molecule has 3 heterocycles.